The van der Waals surface area contributed by atoms with Crippen molar-refractivity contribution in [1.29, 1.82) is 0 Å². The van der Waals surface area contributed by atoms with Gasteiger partial charge in [-0.1, -0.05) is 188 Å². The number of aromatic nitrogens is 1. The standard InChI is InChI=1S/C60H42N2/c1-4-15-43(16-5-1)44-27-34-51(35-28-44)61(53-38-31-46(32-39-53)50-33-40-55(47-17-6-2-7-18-47)58(42-50)48-19-8-3-9-20-48)52-36-29-45(30-37-52)49-21-14-22-54(41-49)62-59-25-12-10-23-56(59)57-24-11-13-26-60(57)62/h1-42H. The molecular weight excluding hydrogens is 749 g/mol. The Morgan fingerprint density at radius 3 is 1.13 bits per heavy atom. The third kappa shape index (κ3) is 6.94. The summed E-state index contributed by atoms with van der Waals surface area (Å²) in [6, 6.07) is 91.9. The lowest BCUT2D eigenvalue weighted by atomic mass is 9.91. The summed E-state index contributed by atoms with van der Waals surface area (Å²) in [7, 11) is 0. The van der Waals surface area contributed by atoms with Crippen molar-refractivity contribution in [2.24, 2.45) is 0 Å². The van der Waals surface area contributed by atoms with Gasteiger partial charge in [0.2, 0.25) is 0 Å². The van der Waals surface area contributed by atoms with Crippen LogP contribution in [0.5, 0.6) is 0 Å². The molecule has 1 heterocycles. The SMILES string of the molecule is c1ccc(-c2ccc(N(c3ccc(-c4cccc(-n5c6ccccc6c6ccccc65)c4)cc3)c3ccc(-c4ccc(-c5ccccc5)c(-c5ccccc5)c4)cc3)cc2)cc1. The number of rotatable bonds is 9. The van der Waals surface area contributed by atoms with Crippen LogP contribution in [0.3, 0.4) is 0 Å². The molecule has 10 aromatic carbocycles. The monoisotopic (exact) mass is 790 g/mol. The summed E-state index contributed by atoms with van der Waals surface area (Å²) < 4.78 is 2.38. The summed E-state index contributed by atoms with van der Waals surface area (Å²) in [5.41, 5.74) is 18.8. The van der Waals surface area contributed by atoms with Crippen LogP contribution in [0.25, 0.3) is 83.1 Å². The zero-order valence-electron chi connectivity index (χ0n) is 34.1. The van der Waals surface area contributed by atoms with E-state index in [0.29, 0.717) is 0 Å². The number of anilines is 3. The zero-order valence-corrected chi connectivity index (χ0v) is 34.1. The molecule has 2 nitrogen and oxygen atoms in total. The van der Waals surface area contributed by atoms with Gasteiger partial charge in [-0.05, 0) is 122 Å². The molecule has 0 radical (unpaired) electrons. The second-order valence-corrected chi connectivity index (χ2v) is 15.8. The maximum absolute atomic E-state index is 2.38. The Morgan fingerprint density at radius 2 is 0.613 bits per heavy atom. The quantitative estimate of drug-likeness (QED) is 0.141. The van der Waals surface area contributed by atoms with Crippen molar-refractivity contribution >= 4 is 38.9 Å². The maximum Gasteiger partial charge on any atom is 0.0541 e. The minimum Gasteiger partial charge on any atom is -0.311 e. The van der Waals surface area contributed by atoms with Crippen LogP contribution in [-0.4, -0.2) is 4.57 Å². The first kappa shape index (κ1) is 36.8. The molecule has 0 saturated heterocycles. The molecule has 0 aliphatic heterocycles. The van der Waals surface area contributed by atoms with E-state index in [4.69, 9.17) is 0 Å². The highest BCUT2D eigenvalue weighted by molar-refractivity contribution is 6.09. The molecule has 0 saturated carbocycles. The van der Waals surface area contributed by atoms with Gasteiger partial charge in [0, 0.05) is 33.5 Å². The average molecular weight is 791 g/mol. The molecule has 292 valence electrons. The van der Waals surface area contributed by atoms with Crippen molar-refractivity contribution in [2.75, 3.05) is 4.90 Å². The second-order valence-electron chi connectivity index (χ2n) is 15.8. The molecule has 0 fully saturated rings. The van der Waals surface area contributed by atoms with E-state index in [1.54, 1.807) is 0 Å². The molecule has 0 N–H and O–H groups in total. The first-order valence-corrected chi connectivity index (χ1v) is 21.3. The molecule has 2 heteroatoms. The lowest BCUT2D eigenvalue weighted by Crippen LogP contribution is -2.09. The predicted molar refractivity (Wildman–Crippen MR) is 263 cm³/mol. The van der Waals surface area contributed by atoms with Crippen LogP contribution in [0.2, 0.25) is 0 Å². The van der Waals surface area contributed by atoms with Gasteiger partial charge in [-0.2, -0.15) is 0 Å². The molecule has 0 atom stereocenters. The Morgan fingerprint density at radius 1 is 0.242 bits per heavy atom. The minimum absolute atomic E-state index is 1.09. The van der Waals surface area contributed by atoms with E-state index in [1.807, 2.05) is 0 Å². The van der Waals surface area contributed by atoms with Crippen molar-refractivity contribution in [1.82, 2.24) is 4.57 Å². The predicted octanol–water partition coefficient (Wildman–Crippen LogP) is 16.6. The largest absolute Gasteiger partial charge is 0.311 e. The molecule has 0 spiro atoms. The van der Waals surface area contributed by atoms with Gasteiger partial charge in [0.1, 0.15) is 0 Å². The highest BCUT2D eigenvalue weighted by Gasteiger charge is 2.16. The first-order chi connectivity index (χ1) is 30.7. The van der Waals surface area contributed by atoms with Crippen LogP contribution in [0, 0.1) is 0 Å². The van der Waals surface area contributed by atoms with Gasteiger partial charge >= 0.3 is 0 Å². The summed E-state index contributed by atoms with van der Waals surface area (Å²) in [6.07, 6.45) is 0. The number of benzene rings is 10. The number of para-hydroxylation sites is 2. The van der Waals surface area contributed by atoms with Gasteiger partial charge in [-0.25, -0.2) is 0 Å². The summed E-state index contributed by atoms with van der Waals surface area (Å²) in [4.78, 5) is 2.35. The number of fused-ring (bicyclic) bond motifs is 3. The van der Waals surface area contributed by atoms with E-state index >= 15 is 0 Å². The van der Waals surface area contributed by atoms with E-state index in [1.165, 1.54) is 77.4 Å². The van der Waals surface area contributed by atoms with Gasteiger partial charge in [-0.15, -0.1) is 0 Å². The topological polar surface area (TPSA) is 8.17 Å². The molecule has 0 bridgehead atoms. The van der Waals surface area contributed by atoms with Crippen molar-refractivity contribution in [3.05, 3.63) is 255 Å². The van der Waals surface area contributed by atoms with Crippen molar-refractivity contribution in [3.8, 4) is 61.3 Å². The highest BCUT2D eigenvalue weighted by atomic mass is 15.1. The second kappa shape index (κ2) is 16.1. The first-order valence-electron chi connectivity index (χ1n) is 21.3. The van der Waals surface area contributed by atoms with Crippen LogP contribution in [0.4, 0.5) is 17.1 Å². The Kier molecular flexibility index (Phi) is 9.57. The lowest BCUT2D eigenvalue weighted by Gasteiger charge is -2.26. The highest BCUT2D eigenvalue weighted by Crippen LogP contribution is 2.40. The lowest BCUT2D eigenvalue weighted by molar-refractivity contribution is 1.18. The maximum atomic E-state index is 2.38. The van der Waals surface area contributed by atoms with E-state index < -0.39 is 0 Å². The van der Waals surface area contributed by atoms with Gasteiger partial charge < -0.3 is 9.47 Å². The molecule has 0 aliphatic carbocycles. The Bertz CT molecular complexity index is 3240. The van der Waals surface area contributed by atoms with Crippen molar-refractivity contribution in [3.63, 3.8) is 0 Å². The summed E-state index contributed by atoms with van der Waals surface area (Å²) >= 11 is 0. The van der Waals surface area contributed by atoms with Crippen molar-refractivity contribution in [2.45, 2.75) is 0 Å². The molecule has 0 amide bonds. The summed E-state index contributed by atoms with van der Waals surface area (Å²) in [5, 5.41) is 2.53. The molecule has 1 aromatic heterocycles. The fourth-order valence-electron chi connectivity index (χ4n) is 8.96. The van der Waals surface area contributed by atoms with Crippen LogP contribution in [-0.2, 0) is 0 Å². The fraction of sp³-hybridized carbons (Fsp3) is 0. The van der Waals surface area contributed by atoms with Gasteiger partial charge in [0.25, 0.3) is 0 Å². The van der Waals surface area contributed by atoms with Gasteiger partial charge in [-0.3, -0.25) is 0 Å². The third-order valence-corrected chi connectivity index (χ3v) is 12.0. The van der Waals surface area contributed by atoms with Crippen LogP contribution >= 0.6 is 0 Å². The number of hydrogen-bond donors (Lipinski definition) is 0. The summed E-state index contributed by atoms with van der Waals surface area (Å²) in [5.74, 6) is 0. The van der Waals surface area contributed by atoms with E-state index in [9.17, 15) is 0 Å². The molecule has 11 aromatic rings. The number of hydrogen-bond acceptors (Lipinski definition) is 1. The normalized spacial score (nSPS) is 11.2. The van der Waals surface area contributed by atoms with E-state index in [0.717, 1.165) is 22.7 Å². The molecular formula is C60H42N2. The summed E-state index contributed by atoms with van der Waals surface area (Å²) in [6.45, 7) is 0. The Hall–Kier alpha value is -8.20. The Balaban J connectivity index is 0.958. The van der Waals surface area contributed by atoms with E-state index in [-0.39, 0.29) is 0 Å². The number of nitrogens with zero attached hydrogens (tertiary/aromatic N) is 2. The fourth-order valence-corrected chi connectivity index (χ4v) is 8.96. The molecule has 0 unspecified atom stereocenters. The minimum atomic E-state index is 1.09. The third-order valence-electron chi connectivity index (χ3n) is 12.0. The van der Waals surface area contributed by atoms with Crippen LogP contribution in [0.1, 0.15) is 0 Å². The molecule has 11 rings (SSSR count). The average Bonchev–Trinajstić information content (AvgIpc) is 3.70. The zero-order chi connectivity index (χ0) is 41.2. The van der Waals surface area contributed by atoms with Crippen LogP contribution in [0.15, 0.2) is 255 Å². The van der Waals surface area contributed by atoms with E-state index in [2.05, 4.69) is 264 Å². The van der Waals surface area contributed by atoms with Gasteiger partial charge in [0.15, 0.2) is 0 Å². The van der Waals surface area contributed by atoms with Gasteiger partial charge in [0.05, 0.1) is 11.0 Å². The smallest absolute Gasteiger partial charge is 0.0541 e. The molecule has 0 aliphatic rings. The Labute approximate surface area is 362 Å². The molecule has 62 heavy (non-hydrogen) atoms. The van der Waals surface area contributed by atoms with Crippen LogP contribution < -0.4 is 4.90 Å². The van der Waals surface area contributed by atoms with Crippen molar-refractivity contribution < 1.29 is 0 Å².